The molecule has 6 heteroatoms. The summed E-state index contributed by atoms with van der Waals surface area (Å²) < 4.78 is 25.2. The second kappa shape index (κ2) is 6.14. The van der Waals surface area contributed by atoms with E-state index in [-0.39, 0.29) is 10.6 Å². The summed E-state index contributed by atoms with van der Waals surface area (Å²) in [5.41, 5.74) is 0.642. The first-order valence-electron chi connectivity index (χ1n) is 7.16. The molecule has 0 aliphatic carbocycles. The predicted molar refractivity (Wildman–Crippen MR) is 88.9 cm³/mol. The highest BCUT2D eigenvalue weighted by molar-refractivity contribution is 6.74. The van der Waals surface area contributed by atoms with E-state index < -0.39 is 14.1 Å². The first-order valence-corrected chi connectivity index (χ1v) is 10.4. The summed E-state index contributed by atoms with van der Waals surface area (Å²) in [6.07, 6.45) is 0. The maximum Gasteiger partial charge on any atom is 0.192 e. The van der Waals surface area contributed by atoms with E-state index in [4.69, 9.17) is 20.6 Å². The minimum atomic E-state index is -1.87. The van der Waals surface area contributed by atoms with Gasteiger partial charge in [0.1, 0.15) is 11.5 Å². The molecule has 1 aromatic heterocycles. The molecule has 2 rings (SSSR count). The molecule has 0 unspecified atom stereocenters. The van der Waals surface area contributed by atoms with Crippen molar-refractivity contribution in [3.63, 3.8) is 0 Å². The van der Waals surface area contributed by atoms with Crippen LogP contribution in [0.3, 0.4) is 0 Å². The summed E-state index contributed by atoms with van der Waals surface area (Å²) in [6.45, 7) is 11.2. The topological polar surface area (TPSA) is 35.3 Å². The van der Waals surface area contributed by atoms with E-state index in [9.17, 15) is 4.39 Å². The lowest BCUT2D eigenvalue weighted by atomic mass is 10.1. The Morgan fingerprint density at radius 2 is 2.00 bits per heavy atom. The number of benzene rings is 1. The number of hydrogen-bond donors (Lipinski definition) is 0. The molecule has 0 fully saturated rings. The van der Waals surface area contributed by atoms with E-state index in [1.54, 1.807) is 18.2 Å². The fourth-order valence-corrected chi connectivity index (χ4v) is 2.91. The minimum Gasteiger partial charge on any atom is -0.409 e. The van der Waals surface area contributed by atoms with Crippen LogP contribution in [0.25, 0.3) is 11.3 Å². The van der Waals surface area contributed by atoms with Crippen LogP contribution in [-0.4, -0.2) is 13.5 Å². The average Bonchev–Trinajstić information content (AvgIpc) is 2.83. The van der Waals surface area contributed by atoms with Crippen LogP contribution in [0.15, 0.2) is 28.8 Å². The minimum absolute atomic E-state index is 0.116. The number of aromatic nitrogens is 1. The van der Waals surface area contributed by atoms with Crippen LogP contribution in [0, 0.1) is 5.82 Å². The molecule has 0 atom stereocenters. The monoisotopic (exact) mass is 341 g/mol. The van der Waals surface area contributed by atoms with Crippen LogP contribution in [0.4, 0.5) is 4.39 Å². The third-order valence-corrected chi connectivity index (χ3v) is 8.95. The summed E-state index contributed by atoms with van der Waals surface area (Å²) >= 11 is 6.04. The summed E-state index contributed by atoms with van der Waals surface area (Å²) in [4.78, 5) is 0. The molecule has 0 saturated heterocycles. The largest absolute Gasteiger partial charge is 0.409 e. The van der Waals surface area contributed by atoms with Crippen molar-refractivity contribution >= 4 is 19.9 Å². The van der Waals surface area contributed by atoms with Gasteiger partial charge >= 0.3 is 0 Å². The van der Waals surface area contributed by atoms with Crippen LogP contribution < -0.4 is 0 Å². The molecule has 0 bridgehead atoms. The van der Waals surface area contributed by atoms with Crippen LogP contribution in [0.5, 0.6) is 0 Å². The van der Waals surface area contributed by atoms with Crippen molar-refractivity contribution in [2.24, 2.45) is 0 Å². The van der Waals surface area contributed by atoms with Gasteiger partial charge < -0.3 is 8.95 Å². The van der Waals surface area contributed by atoms with E-state index in [0.717, 1.165) is 0 Å². The first-order chi connectivity index (χ1) is 10.1. The molecule has 0 saturated carbocycles. The van der Waals surface area contributed by atoms with Crippen LogP contribution in [0.2, 0.25) is 23.2 Å². The van der Waals surface area contributed by atoms with E-state index in [0.29, 0.717) is 23.1 Å². The molecular formula is C16H21ClFNO2Si. The van der Waals surface area contributed by atoms with Crippen molar-refractivity contribution in [2.45, 2.75) is 45.5 Å². The SMILES string of the molecule is CC(C)(C)[Si](C)(C)OCc1cc(-c2c(F)cccc2Cl)no1. The summed E-state index contributed by atoms with van der Waals surface area (Å²) in [7, 11) is -1.87. The van der Waals surface area contributed by atoms with Gasteiger partial charge in [0.15, 0.2) is 14.1 Å². The molecule has 1 aromatic carbocycles. The fourth-order valence-electron chi connectivity index (χ4n) is 1.71. The molecule has 0 aliphatic rings. The Morgan fingerprint density at radius 3 is 2.59 bits per heavy atom. The molecule has 0 radical (unpaired) electrons. The molecular weight excluding hydrogens is 321 g/mol. The average molecular weight is 342 g/mol. The summed E-state index contributed by atoms with van der Waals surface area (Å²) in [6, 6.07) is 6.21. The predicted octanol–water partition coefficient (Wildman–Crippen LogP) is 5.66. The third-order valence-electron chi connectivity index (χ3n) is 4.16. The molecule has 1 heterocycles. The van der Waals surface area contributed by atoms with Gasteiger partial charge in [0, 0.05) is 6.07 Å². The van der Waals surface area contributed by atoms with Crippen LogP contribution >= 0.6 is 11.6 Å². The Morgan fingerprint density at radius 1 is 1.32 bits per heavy atom. The Hall–Kier alpha value is -1.17. The van der Waals surface area contributed by atoms with Crippen molar-refractivity contribution in [2.75, 3.05) is 0 Å². The second-order valence-electron chi connectivity index (χ2n) is 6.82. The molecule has 120 valence electrons. The molecule has 22 heavy (non-hydrogen) atoms. The van der Waals surface area contributed by atoms with E-state index >= 15 is 0 Å². The highest BCUT2D eigenvalue weighted by Crippen LogP contribution is 2.37. The van der Waals surface area contributed by atoms with Gasteiger partial charge in [-0.15, -0.1) is 0 Å². The van der Waals surface area contributed by atoms with Gasteiger partial charge in [0.25, 0.3) is 0 Å². The zero-order chi connectivity index (χ0) is 16.5. The van der Waals surface area contributed by atoms with Gasteiger partial charge in [-0.05, 0) is 30.3 Å². The zero-order valence-electron chi connectivity index (χ0n) is 13.5. The summed E-state index contributed by atoms with van der Waals surface area (Å²) in [5, 5.41) is 4.33. The molecule has 0 spiro atoms. The molecule has 3 nitrogen and oxygen atoms in total. The van der Waals surface area contributed by atoms with Gasteiger partial charge in [-0.2, -0.15) is 0 Å². The second-order valence-corrected chi connectivity index (χ2v) is 12.0. The molecule has 0 amide bonds. The molecule has 0 aliphatic heterocycles. The lowest BCUT2D eigenvalue weighted by molar-refractivity contribution is 0.230. The van der Waals surface area contributed by atoms with Gasteiger partial charge in [0.2, 0.25) is 0 Å². The number of nitrogens with zero attached hydrogens (tertiary/aromatic N) is 1. The van der Waals surface area contributed by atoms with E-state index in [2.05, 4.69) is 39.0 Å². The standard InChI is InChI=1S/C16H21ClFNO2Si/c1-16(2,3)22(4,5)20-10-11-9-14(19-21-11)15-12(17)7-6-8-13(15)18/h6-9H,10H2,1-5H3. The Kier molecular flexibility index (Phi) is 4.80. The zero-order valence-corrected chi connectivity index (χ0v) is 15.3. The first kappa shape index (κ1) is 17.2. The van der Waals surface area contributed by atoms with Gasteiger partial charge in [-0.25, -0.2) is 4.39 Å². The molecule has 0 N–H and O–H groups in total. The van der Waals surface area contributed by atoms with Crippen molar-refractivity contribution < 1.29 is 13.3 Å². The lowest BCUT2D eigenvalue weighted by Crippen LogP contribution is -2.40. The van der Waals surface area contributed by atoms with Crippen molar-refractivity contribution in [3.05, 3.63) is 40.9 Å². The van der Waals surface area contributed by atoms with Crippen molar-refractivity contribution in [1.82, 2.24) is 5.16 Å². The Bertz CT molecular complexity index is 644. The van der Waals surface area contributed by atoms with Gasteiger partial charge in [-0.3, -0.25) is 0 Å². The Labute approximate surface area is 136 Å². The van der Waals surface area contributed by atoms with E-state index in [1.807, 2.05) is 0 Å². The van der Waals surface area contributed by atoms with Crippen molar-refractivity contribution in [3.8, 4) is 11.3 Å². The highest BCUT2D eigenvalue weighted by atomic mass is 35.5. The van der Waals surface area contributed by atoms with Gasteiger partial charge in [0.05, 0.1) is 17.2 Å². The Balaban J connectivity index is 2.16. The number of hydrogen-bond acceptors (Lipinski definition) is 3. The van der Waals surface area contributed by atoms with Gasteiger partial charge in [-0.1, -0.05) is 43.6 Å². The smallest absolute Gasteiger partial charge is 0.192 e. The maximum absolute atomic E-state index is 13.9. The third kappa shape index (κ3) is 3.59. The summed E-state index contributed by atoms with van der Waals surface area (Å²) in [5.74, 6) is 0.150. The maximum atomic E-state index is 13.9. The number of halogens is 2. The highest BCUT2D eigenvalue weighted by Gasteiger charge is 2.37. The lowest BCUT2D eigenvalue weighted by Gasteiger charge is -2.35. The van der Waals surface area contributed by atoms with Crippen molar-refractivity contribution in [1.29, 1.82) is 0 Å². The fraction of sp³-hybridized carbons (Fsp3) is 0.438. The number of rotatable bonds is 4. The normalized spacial score (nSPS) is 12.7. The molecule has 2 aromatic rings. The van der Waals surface area contributed by atoms with Crippen LogP contribution in [0.1, 0.15) is 26.5 Å². The van der Waals surface area contributed by atoms with Crippen LogP contribution in [-0.2, 0) is 11.0 Å². The van der Waals surface area contributed by atoms with E-state index in [1.165, 1.54) is 6.07 Å². The quantitative estimate of drug-likeness (QED) is 0.673.